The van der Waals surface area contributed by atoms with Crippen LogP contribution in [0, 0.1) is 5.92 Å². The summed E-state index contributed by atoms with van der Waals surface area (Å²) < 4.78 is 10.7. The fourth-order valence-electron chi connectivity index (χ4n) is 2.07. The van der Waals surface area contributed by atoms with E-state index < -0.39 is 0 Å². The van der Waals surface area contributed by atoms with Crippen LogP contribution >= 0.6 is 0 Å². The summed E-state index contributed by atoms with van der Waals surface area (Å²) in [6, 6.07) is 7.23. The maximum Gasteiger partial charge on any atom is 0.165 e. The second-order valence-corrected chi connectivity index (χ2v) is 5.06. The van der Waals surface area contributed by atoms with E-state index >= 15 is 0 Å². The highest BCUT2D eigenvalue weighted by Crippen LogP contribution is 2.17. The van der Waals surface area contributed by atoms with Gasteiger partial charge in [0.1, 0.15) is 5.75 Å². The Balaban J connectivity index is 2.64. The maximum atomic E-state index is 12.2. The van der Waals surface area contributed by atoms with E-state index in [0.717, 1.165) is 12.2 Å². The van der Waals surface area contributed by atoms with Gasteiger partial charge in [-0.2, -0.15) is 0 Å². The Morgan fingerprint density at radius 3 is 2.32 bits per heavy atom. The van der Waals surface area contributed by atoms with Gasteiger partial charge in [-0.05, 0) is 43.5 Å². The van der Waals surface area contributed by atoms with Gasteiger partial charge >= 0.3 is 0 Å². The number of hydrogen-bond acceptors (Lipinski definition) is 3. The average molecular weight is 264 g/mol. The van der Waals surface area contributed by atoms with Crippen LogP contribution in [0.25, 0.3) is 0 Å². The topological polar surface area (TPSA) is 35.5 Å². The molecule has 0 radical (unpaired) electrons. The van der Waals surface area contributed by atoms with Crippen molar-refractivity contribution >= 4 is 5.78 Å². The van der Waals surface area contributed by atoms with Crippen LogP contribution in [0.4, 0.5) is 0 Å². The molecule has 3 heteroatoms. The lowest BCUT2D eigenvalue weighted by molar-refractivity contribution is 0.0399. The summed E-state index contributed by atoms with van der Waals surface area (Å²) >= 11 is 0. The van der Waals surface area contributed by atoms with Gasteiger partial charge in [-0.3, -0.25) is 4.79 Å². The lowest BCUT2D eigenvalue weighted by atomic mass is 9.98. The highest BCUT2D eigenvalue weighted by atomic mass is 16.5. The molecule has 3 nitrogen and oxygen atoms in total. The third-order valence-electron chi connectivity index (χ3n) is 2.96. The molecular weight excluding hydrogens is 240 g/mol. The molecular formula is C16H24O3. The molecule has 0 aromatic heterocycles. The molecule has 0 saturated carbocycles. The number of hydrogen-bond donors (Lipinski definition) is 0. The molecule has 0 aliphatic rings. The number of methoxy groups -OCH3 is 1. The monoisotopic (exact) mass is 264 g/mol. The van der Waals surface area contributed by atoms with Gasteiger partial charge < -0.3 is 9.47 Å². The predicted octanol–water partition coefficient (Wildman–Crippen LogP) is 3.72. The quantitative estimate of drug-likeness (QED) is 0.671. The predicted molar refractivity (Wildman–Crippen MR) is 76.8 cm³/mol. The van der Waals surface area contributed by atoms with Crippen LogP contribution in [-0.4, -0.2) is 25.6 Å². The minimum atomic E-state index is 0.0135. The van der Waals surface area contributed by atoms with Crippen molar-refractivity contribution in [2.45, 2.75) is 39.7 Å². The Labute approximate surface area is 115 Å². The smallest absolute Gasteiger partial charge is 0.165 e. The Morgan fingerprint density at radius 2 is 1.84 bits per heavy atom. The fraction of sp³-hybridized carbons (Fsp3) is 0.562. The van der Waals surface area contributed by atoms with Gasteiger partial charge in [-0.1, -0.05) is 13.8 Å². The van der Waals surface area contributed by atoms with E-state index in [2.05, 4.69) is 13.8 Å². The van der Waals surface area contributed by atoms with Crippen LogP contribution in [0.5, 0.6) is 5.75 Å². The van der Waals surface area contributed by atoms with Crippen LogP contribution in [0.2, 0.25) is 0 Å². The molecule has 0 saturated heterocycles. The van der Waals surface area contributed by atoms with Crippen molar-refractivity contribution in [1.29, 1.82) is 0 Å². The van der Waals surface area contributed by atoms with Crippen molar-refractivity contribution < 1.29 is 14.3 Å². The maximum absolute atomic E-state index is 12.2. The summed E-state index contributed by atoms with van der Waals surface area (Å²) in [6.07, 6.45) is 1.37. The Morgan fingerprint density at radius 1 is 1.21 bits per heavy atom. The fourth-order valence-corrected chi connectivity index (χ4v) is 2.07. The molecule has 19 heavy (non-hydrogen) atoms. The zero-order valence-corrected chi connectivity index (χ0v) is 12.3. The van der Waals surface area contributed by atoms with Crippen LogP contribution in [-0.2, 0) is 4.74 Å². The van der Waals surface area contributed by atoms with Crippen molar-refractivity contribution in [3.05, 3.63) is 29.8 Å². The molecule has 0 N–H and O–H groups in total. The Bertz CT molecular complexity index is 381. The molecule has 1 atom stereocenters. The Hall–Kier alpha value is -1.35. The number of carbonyl (C=O) groups excluding carboxylic acids is 1. The van der Waals surface area contributed by atoms with E-state index in [9.17, 15) is 4.79 Å². The summed E-state index contributed by atoms with van der Waals surface area (Å²) in [6.45, 7) is 6.90. The second kappa shape index (κ2) is 7.95. The van der Waals surface area contributed by atoms with Gasteiger partial charge in [0, 0.05) is 18.6 Å². The van der Waals surface area contributed by atoms with Crippen molar-refractivity contribution in [2.75, 3.05) is 13.7 Å². The average Bonchev–Trinajstić information content (AvgIpc) is 2.38. The number of carbonyl (C=O) groups is 1. The number of benzene rings is 1. The molecule has 0 spiro atoms. The minimum absolute atomic E-state index is 0.0135. The van der Waals surface area contributed by atoms with E-state index in [1.165, 1.54) is 0 Å². The van der Waals surface area contributed by atoms with Crippen molar-refractivity contribution in [1.82, 2.24) is 0 Å². The molecule has 0 fully saturated rings. The number of ether oxygens (including phenoxy) is 2. The third-order valence-corrected chi connectivity index (χ3v) is 2.96. The van der Waals surface area contributed by atoms with E-state index in [1.807, 2.05) is 19.1 Å². The molecule has 0 heterocycles. The van der Waals surface area contributed by atoms with Crippen LogP contribution in [0.3, 0.4) is 0 Å². The first-order chi connectivity index (χ1) is 9.06. The van der Waals surface area contributed by atoms with Gasteiger partial charge in [0.2, 0.25) is 0 Å². The third kappa shape index (κ3) is 5.43. The molecule has 0 bridgehead atoms. The molecule has 1 aromatic carbocycles. The van der Waals surface area contributed by atoms with Crippen molar-refractivity contribution in [2.24, 2.45) is 5.92 Å². The van der Waals surface area contributed by atoms with Gasteiger partial charge in [0.15, 0.2) is 5.78 Å². The van der Waals surface area contributed by atoms with E-state index in [-0.39, 0.29) is 11.9 Å². The van der Waals surface area contributed by atoms with Gasteiger partial charge in [-0.25, -0.2) is 0 Å². The first-order valence-corrected chi connectivity index (χ1v) is 6.85. The van der Waals surface area contributed by atoms with E-state index in [0.29, 0.717) is 24.5 Å². The van der Waals surface area contributed by atoms with Gasteiger partial charge in [0.25, 0.3) is 0 Å². The largest absolute Gasteiger partial charge is 0.497 e. The zero-order chi connectivity index (χ0) is 14.3. The second-order valence-electron chi connectivity index (χ2n) is 5.06. The Kier molecular flexibility index (Phi) is 6.57. The summed E-state index contributed by atoms with van der Waals surface area (Å²) in [7, 11) is 1.62. The lowest BCUT2D eigenvalue weighted by Gasteiger charge is -2.18. The zero-order valence-electron chi connectivity index (χ0n) is 12.3. The molecule has 106 valence electrons. The highest BCUT2D eigenvalue weighted by Gasteiger charge is 2.16. The molecule has 1 aromatic rings. The van der Waals surface area contributed by atoms with Crippen molar-refractivity contribution in [3.63, 3.8) is 0 Å². The summed E-state index contributed by atoms with van der Waals surface area (Å²) in [5.41, 5.74) is 0.717. The minimum Gasteiger partial charge on any atom is -0.497 e. The van der Waals surface area contributed by atoms with E-state index in [1.54, 1.807) is 19.2 Å². The van der Waals surface area contributed by atoms with Crippen LogP contribution in [0.15, 0.2) is 24.3 Å². The summed E-state index contributed by atoms with van der Waals surface area (Å²) in [5, 5.41) is 0. The number of Topliss-reactive ketones (excluding diaryl/α,β-unsaturated/α-hetero) is 1. The normalized spacial score (nSPS) is 12.5. The molecule has 0 amide bonds. The first kappa shape index (κ1) is 15.7. The summed E-state index contributed by atoms with van der Waals surface area (Å²) in [5.74, 6) is 1.42. The molecule has 0 aliphatic heterocycles. The van der Waals surface area contributed by atoms with E-state index in [4.69, 9.17) is 9.47 Å². The van der Waals surface area contributed by atoms with Crippen molar-refractivity contribution in [3.8, 4) is 5.75 Å². The SMILES string of the molecule is CCOC(CC(=O)c1ccc(OC)cc1)CC(C)C. The lowest BCUT2D eigenvalue weighted by Crippen LogP contribution is -2.20. The van der Waals surface area contributed by atoms with Crippen LogP contribution < -0.4 is 4.74 Å². The highest BCUT2D eigenvalue weighted by molar-refractivity contribution is 5.96. The van der Waals surface area contributed by atoms with Crippen LogP contribution in [0.1, 0.15) is 44.0 Å². The number of ketones is 1. The summed E-state index contributed by atoms with van der Waals surface area (Å²) in [4.78, 5) is 12.2. The number of rotatable bonds is 8. The molecule has 0 aliphatic carbocycles. The molecule has 1 unspecified atom stereocenters. The standard InChI is InChI=1S/C16H24O3/c1-5-19-15(10-12(2)3)11-16(17)13-6-8-14(18-4)9-7-13/h6-9,12,15H,5,10-11H2,1-4H3. The molecule has 1 rings (SSSR count). The van der Waals surface area contributed by atoms with Gasteiger partial charge in [0.05, 0.1) is 13.2 Å². The van der Waals surface area contributed by atoms with Gasteiger partial charge in [-0.15, -0.1) is 0 Å². The first-order valence-electron chi connectivity index (χ1n) is 6.85.